The van der Waals surface area contributed by atoms with Gasteiger partial charge in [-0.05, 0) is 61.9 Å². The number of nitrogens with one attached hydrogen (secondary N) is 2. The third-order valence-electron chi connectivity index (χ3n) is 6.61. The Bertz CT molecular complexity index is 1090. The van der Waals surface area contributed by atoms with Crippen molar-refractivity contribution in [2.24, 2.45) is 5.92 Å². The van der Waals surface area contributed by atoms with Crippen molar-refractivity contribution in [3.8, 4) is 11.5 Å². The van der Waals surface area contributed by atoms with Crippen LogP contribution in [0.15, 0.2) is 66.7 Å². The average molecular weight is 446 g/mol. The first-order valence-electron chi connectivity index (χ1n) is 11.9. The predicted molar refractivity (Wildman–Crippen MR) is 131 cm³/mol. The molecular formula is C27H31N3O3. The number of hydrogen-bond donors (Lipinski definition) is 2. The van der Waals surface area contributed by atoms with Gasteiger partial charge in [-0.2, -0.15) is 0 Å². The molecule has 0 aliphatic carbocycles. The molecule has 1 atom stereocenters. The highest BCUT2D eigenvalue weighted by Crippen LogP contribution is 2.31. The number of para-hydroxylation sites is 2. The number of carbonyl (C=O) groups is 1. The van der Waals surface area contributed by atoms with E-state index in [-0.39, 0.29) is 12.1 Å². The number of piperidine rings is 1. The third kappa shape index (κ3) is 5.40. The van der Waals surface area contributed by atoms with Crippen LogP contribution in [0, 0.1) is 5.92 Å². The van der Waals surface area contributed by atoms with E-state index in [0.29, 0.717) is 19.1 Å². The number of anilines is 1. The van der Waals surface area contributed by atoms with Crippen molar-refractivity contribution in [3.63, 3.8) is 0 Å². The molecule has 1 unspecified atom stereocenters. The molecule has 0 spiro atoms. The number of nitrogens with zero attached hydrogens (tertiary/aromatic N) is 1. The molecule has 172 valence electrons. The zero-order valence-electron chi connectivity index (χ0n) is 18.8. The van der Waals surface area contributed by atoms with E-state index in [1.54, 1.807) is 0 Å². The Morgan fingerprint density at radius 1 is 0.939 bits per heavy atom. The summed E-state index contributed by atoms with van der Waals surface area (Å²) in [5, 5.41) is 8.20. The third-order valence-corrected chi connectivity index (χ3v) is 6.61. The molecule has 1 saturated heterocycles. The zero-order valence-corrected chi connectivity index (χ0v) is 18.8. The molecule has 0 bridgehead atoms. The molecule has 2 aliphatic rings. The van der Waals surface area contributed by atoms with Crippen molar-refractivity contribution in [3.05, 3.63) is 66.7 Å². The first-order chi connectivity index (χ1) is 16.2. The molecule has 1 fully saturated rings. The Kier molecular flexibility index (Phi) is 6.63. The monoisotopic (exact) mass is 445 g/mol. The number of carbonyl (C=O) groups excluding carboxylic acids is 1. The van der Waals surface area contributed by atoms with Crippen LogP contribution in [0.2, 0.25) is 0 Å². The number of rotatable bonds is 6. The first kappa shape index (κ1) is 21.6. The van der Waals surface area contributed by atoms with Crippen LogP contribution >= 0.6 is 0 Å². The topological polar surface area (TPSA) is 62.8 Å². The van der Waals surface area contributed by atoms with E-state index < -0.39 is 0 Å². The van der Waals surface area contributed by atoms with Crippen molar-refractivity contribution >= 4 is 22.5 Å². The Labute approximate surface area is 194 Å². The molecule has 2 heterocycles. The zero-order chi connectivity index (χ0) is 22.5. The maximum absolute atomic E-state index is 12.4. The molecule has 6 nitrogen and oxygen atoms in total. The maximum Gasteiger partial charge on any atom is 0.319 e. The van der Waals surface area contributed by atoms with Gasteiger partial charge in [0, 0.05) is 18.5 Å². The van der Waals surface area contributed by atoms with E-state index >= 15 is 0 Å². The second-order valence-corrected chi connectivity index (χ2v) is 8.94. The Morgan fingerprint density at radius 2 is 1.70 bits per heavy atom. The van der Waals surface area contributed by atoms with Gasteiger partial charge < -0.3 is 20.1 Å². The summed E-state index contributed by atoms with van der Waals surface area (Å²) in [6.07, 6.45) is 3.39. The normalized spacial score (nSPS) is 18.7. The predicted octanol–water partition coefficient (Wildman–Crippen LogP) is 4.90. The van der Waals surface area contributed by atoms with Gasteiger partial charge in [0.1, 0.15) is 12.7 Å². The number of ether oxygens (including phenoxy) is 2. The molecular weight excluding hydrogens is 414 g/mol. The number of urea groups is 1. The van der Waals surface area contributed by atoms with Gasteiger partial charge >= 0.3 is 6.03 Å². The standard InChI is InChI=1S/C27H31N3O3/c31-27(29-24-9-5-7-21-6-1-2-8-23(21)24)28-15-12-20-13-16-30(17-14-20)18-22-19-32-25-10-3-4-11-26(25)33-22/h1-11,20,22H,12-19H2,(H2,28,29,31). The van der Waals surface area contributed by atoms with Crippen LogP contribution < -0.4 is 20.1 Å². The molecule has 6 heteroatoms. The molecule has 5 rings (SSSR count). The first-order valence-corrected chi connectivity index (χ1v) is 11.9. The largest absolute Gasteiger partial charge is 0.486 e. The summed E-state index contributed by atoms with van der Waals surface area (Å²) in [5.74, 6) is 2.32. The van der Waals surface area contributed by atoms with Gasteiger partial charge in [-0.15, -0.1) is 0 Å². The van der Waals surface area contributed by atoms with Crippen LogP contribution in [-0.2, 0) is 0 Å². The highest BCUT2D eigenvalue weighted by atomic mass is 16.6. The number of hydrogen-bond acceptors (Lipinski definition) is 4. The molecule has 2 aliphatic heterocycles. The van der Waals surface area contributed by atoms with Crippen LogP contribution in [0.3, 0.4) is 0 Å². The lowest BCUT2D eigenvalue weighted by molar-refractivity contribution is 0.0473. The van der Waals surface area contributed by atoms with Gasteiger partial charge in [0.05, 0.1) is 5.69 Å². The van der Waals surface area contributed by atoms with E-state index in [2.05, 4.69) is 27.7 Å². The van der Waals surface area contributed by atoms with Gasteiger partial charge in [0.2, 0.25) is 0 Å². The highest BCUT2D eigenvalue weighted by molar-refractivity contribution is 6.01. The fourth-order valence-corrected chi connectivity index (χ4v) is 4.79. The number of benzene rings is 3. The molecule has 0 radical (unpaired) electrons. The molecule has 33 heavy (non-hydrogen) atoms. The summed E-state index contributed by atoms with van der Waals surface area (Å²) in [7, 11) is 0. The SMILES string of the molecule is O=C(NCCC1CCN(CC2COc3ccccc3O2)CC1)Nc1cccc2ccccc12. The molecule has 2 amide bonds. The number of fused-ring (bicyclic) bond motifs is 2. The van der Waals surface area contributed by atoms with Gasteiger partial charge in [-0.1, -0.05) is 48.5 Å². The van der Waals surface area contributed by atoms with Crippen molar-refractivity contribution in [2.45, 2.75) is 25.4 Å². The summed E-state index contributed by atoms with van der Waals surface area (Å²) in [4.78, 5) is 14.9. The Hall–Kier alpha value is -3.25. The van der Waals surface area contributed by atoms with Crippen molar-refractivity contribution in [1.82, 2.24) is 10.2 Å². The van der Waals surface area contributed by atoms with Gasteiger partial charge in [-0.3, -0.25) is 4.90 Å². The molecule has 0 saturated carbocycles. The lowest BCUT2D eigenvalue weighted by atomic mass is 9.93. The second kappa shape index (κ2) is 10.1. The quantitative estimate of drug-likeness (QED) is 0.566. The average Bonchev–Trinajstić information content (AvgIpc) is 2.85. The lowest BCUT2D eigenvalue weighted by Crippen LogP contribution is -2.44. The molecule has 3 aromatic rings. The van der Waals surface area contributed by atoms with Crippen LogP contribution in [-0.4, -0.2) is 49.8 Å². The number of amides is 2. The maximum atomic E-state index is 12.4. The van der Waals surface area contributed by atoms with E-state index in [4.69, 9.17) is 9.47 Å². The summed E-state index contributed by atoms with van der Waals surface area (Å²) in [5.41, 5.74) is 0.843. The van der Waals surface area contributed by atoms with E-state index in [1.807, 2.05) is 54.6 Å². The smallest absolute Gasteiger partial charge is 0.319 e. The van der Waals surface area contributed by atoms with Crippen molar-refractivity contribution < 1.29 is 14.3 Å². The van der Waals surface area contributed by atoms with Crippen molar-refractivity contribution in [1.29, 1.82) is 0 Å². The summed E-state index contributed by atoms with van der Waals surface area (Å²) < 4.78 is 11.9. The summed E-state index contributed by atoms with van der Waals surface area (Å²) in [6, 6.07) is 21.8. The minimum atomic E-state index is -0.140. The molecule has 0 aromatic heterocycles. The minimum absolute atomic E-state index is 0.0795. The summed E-state index contributed by atoms with van der Waals surface area (Å²) >= 11 is 0. The number of likely N-dealkylation sites (tertiary alicyclic amines) is 1. The van der Waals surface area contributed by atoms with Gasteiger partial charge in [0.15, 0.2) is 11.5 Å². The fraction of sp³-hybridized carbons (Fsp3) is 0.370. The highest BCUT2D eigenvalue weighted by Gasteiger charge is 2.26. The molecule has 2 N–H and O–H groups in total. The van der Waals surface area contributed by atoms with Crippen LogP contribution in [0.25, 0.3) is 10.8 Å². The van der Waals surface area contributed by atoms with Crippen molar-refractivity contribution in [2.75, 3.05) is 38.1 Å². The van der Waals surface area contributed by atoms with E-state index in [0.717, 1.165) is 66.9 Å². The lowest BCUT2D eigenvalue weighted by Gasteiger charge is -2.35. The minimum Gasteiger partial charge on any atom is -0.486 e. The van der Waals surface area contributed by atoms with Crippen LogP contribution in [0.5, 0.6) is 11.5 Å². The fourth-order valence-electron chi connectivity index (χ4n) is 4.79. The Morgan fingerprint density at radius 3 is 2.58 bits per heavy atom. The van der Waals surface area contributed by atoms with Gasteiger partial charge in [-0.25, -0.2) is 4.79 Å². The second-order valence-electron chi connectivity index (χ2n) is 8.94. The van der Waals surface area contributed by atoms with Gasteiger partial charge in [0.25, 0.3) is 0 Å². The summed E-state index contributed by atoms with van der Waals surface area (Å²) in [6.45, 7) is 4.32. The molecule has 3 aromatic carbocycles. The van der Waals surface area contributed by atoms with E-state index in [1.165, 1.54) is 0 Å². The van der Waals surface area contributed by atoms with E-state index in [9.17, 15) is 4.79 Å². The van der Waals surface area contributed by atoms with Crippen LogP contribution in [0.1, 0.15) is 19.3 Å². The van der Waals surface area contributed by atoms with Crippen LogP contribution in [0.4, 0.5) is 10.5 Å². The Balaban J connectivity index is 1.02.